The normalized spacial score (nSPS) is 15.9. The zero-order valence-electron chi connectivity index (χ0n) is 16.7. The number of ether oxygens (including phenoxy) is 2. The number of amides is 1. The van der Waals surface area contributed by atoms with Gasteiger partial charge in [0.05, 0.1) is 17.7 Å². The van der Waals surface area contributed by atoms with Crippen LogP contribution >= 0.6 is 34.4 Å². The van der Waals surface area contributed by atoms with Gasteiger partial charge in [0.15, 0.2) is 16.7 Å². The highest BCUT2D eigenvalue weighted by atomic mass is 127. The molecule has 7 heteroatoms. The Bertz CT molecular complexity index is 1150. The zero-order chi connectivity index (χ0) is 21.6. The molecule has 0 unspecified atom stereocenters. The monoisotopic (exact) mass is 542 g/mol. The van der Waals surface area contributed by atoms with E-state index in [4.69, 9.17) is 9.47 Å². The molecule has 1 aliphatic heterocycles. The first-order chi connectivity index (χ1) is 15.1. The van der Waals surface area contributed by atoms with Crippen molar-refractivity contribution in [2.75, 3.05) is 7.11 Å². The largest absolute Gasteiger partial charge is 0.493 e. The van der Waals surface area contributed by atoms with Crippen molar-refractivity contribution < 1.29 is 14.3 Å². The molecule has 1 amide bonds. The number of halogens is 1. The molecule has 1 aliphatic rings. The zero-order valence-corrected chi connectivity index (χ0v) is 19.6. The van der Waals surface area contributed by atoms with Crippen molar-refractivity contribution in [1.82, 2.24) is 5.32 Å². The highest BCUT2D eigenvalue weighted by Gasteiger charge is 2.24. The molecule has 1 saturated heterocycles. The third-order valence-electron chi connectivity index (χ3n) is 4.43. The van der Waals surface area contributed by atoms with Crippen molar-refractivity contribution in [3.63, 3.8) is 0 Å². The maximum atomic E-state index is 12.4. The molecule has 0 bridgehead atoms. The summed E-state index contributed by atoms with van der Waals surface area (Å²) >= 11 is 3.56. The van der Waals surface area contributed by atoms with Gasteiger partial charge >= 0.3 is 0 Å². The van der Waals surface area contributed by atoms with Gasteiger partial charge in [0, 0.05) is 3.57 Å². The van der Waals surface area contributed by atoms with Crippen LogP contribution in [0.25, 0.3) is 6.08 Å². The van der Waals surface area contributed by atoms with Crippen molar-refractivity contribution in [2.45, 2.75) is 6.61 Å². The first kappa shape index (κ1) is 21.5. The Morgan fingerprint density at radius 2 is 1.81 bits per heavy atom. The lowest BCUT2D eigenvalue weighted by atomic mass is 10.2. The number of carbonyl (C=O) groups is 1. The van der Waals surface area contributed by atoms with E-state index < -0.39 is 0 Å². The minimum Gasteiger partial charge on any atom is -0.493 e. The Labute approximate surface area is 198 Å². The Morgan fingerprint density at radius 3 is 2.55 bits per heavy atom. The van der Waals surface area contributed by atoms with E-state index in [1.807, 2.05) is 78.9 Å². The number of carbonyl (C=O) groups excluding carboxylic acids is 1. The molecular formula is C24H19IN2O3S. The maximum Gasteiger partial charge on any atom is 0.264 e. The van der Waals surface area contributed by atoms with Crippen LogP contribution in [0.5, 0.6) is 11.5 Å². The quantitative estimate of drug-likeness (QED) is 0.318. The number of hydrogen-bond acceptors (Lipinski definition) is 5. The lowest BCUT2D eigenvalue weighted by Crippen LogP contribution is -2.19. The van der Waals surface area contributed by atoms with Crippen LogP contribution in [0.4, 0.5) is 5.69 Å². The van der Waals surface area contributed by atoms with E-state index in [1.165, 1.54) is 11.8 Å². The van der Waals surface area contributed by atoms with Crippen molar-refractivity contribution in [2.24, 2.45) is 4.99 Å². The Hall–Kier alpha value is -2.78. The summed E-state index contributed by atoms with van der Waals surface area (Å²) in [6.07, 6.45) is 1.82. The molecule has 1 heterocycles. The van der Waals surface area contributed by atoms with Gasteiger partial charge in [-0.2, -0.15) is 0 Å². The van der Waals surface area contributed by atoms with Gasteiger partial charge in [-0.25, -0.2) is 4.99 Å². The molecule has 1 fully saturated rings. The lowest BCUT2D eigenvalue weighted by Gasteiger charge is -2.11. The minimum absolute atomic E-state index is 0.170. The minimum atomic E-state index is -0.170. The van der Waals surface area contributed by atoms with E-state index in [9.17, 15) is 4.79 Å². The smallest absolute Gasteiger partial charge is 0.264 e. The fourth-order valence-electron chi connectivity index (χ4n) is 2.90. The fraction of sp³-hybridized carbons (Fsp3) is 0.0833. The van der Waals surface area contributed by atoms with Gasteiger partial charge in [-0.05, 0) is 88.0 Å². The summed E-state index contributed by atoms with van der Waals surface area (Å²) in [6.45, 7) is 0.430. The highest BCUT2D eigenvalue weighted by molar-refractivity contribution is 14.1. The van der Waals surface area contributed by atoms with Crippen LogP contribution in [-0.4, -0.2) is 18.2 Å². The molecule has 0 aromatic heterocycles. The molecule has 0 aliphatic carbocycles. The second-order valence-corrected chi connectivity index (χ2v) is 8.92. The number of aliphatic imine (C=N–C) groups is 1. The van der Waals surface area contributed by atoms with E-state index in [-0.39, 0.29) is 5.91 Å². The van der Waals surface area contributed by atoms with E-state index in [1.54, 1.807) is 7.11 Å². The molecule has 1 N–H and O–H groups in total. The summed E-state index contributed by atoms with van der Waals surface area (Å²) in [5.41, 5.74) is 2.71. The molecule has 0 spiro atoms. The number of benzene rings is 3. The van der Waals surface area contributed by atoms with Gasteiger partial charge in [-0.1, -0.05) is 36.4 Å². The SMILES string of the molecule is COc1ccc(/C=C2/SC(=Nc3ccc(I)cc3)NC2=O)cc1OCc1ccccc1. The summed E-state index contributed by atoms with van der Waals surface area (Å²) in [4.78, 5) is 17.5. The summed E-state index contributed by atoms with van der Waals surface area (Å²) in [6, 6.07) is 23.3. The van der Waals surface area contributed by atoms with Crippen molar-refractivity contribution in [3.8, 4) is 11.5 Å². The molecule has 156 valence electrons. The number of amidine groups is 1. The van der Waals surface area contributed by atoms with Gasteiger partial charge in [-0.3, -0.25) is 4.79 Å². The highest BCUT2D eigenvalue weighted by Crippen LogP contribution is 2.32. The third-order valence-corrected chi connectivity index (χ3v) is 6.06. The number of methoxy groups -OCH3 is 1. The summed E-state index contributed by atoms with van der Waals surface area (Å²) in [5.74, 6) is 1.09. The van der Waals surface area contributed by atoms with Gasteiger partial charge in [0.1, 0.15) is 6.61 Å². The average molecular weight is 542 g/mol. The topological polar surface area (TPSA) is 59.9 Å². The van der Waals surface area contributed by atoms with E-state index in [2.05, 4.69) is 32.9 Å². The van der Waals surface area contributed by atoms with Crippen molar-refractivity contribution in [3.05, 3.63) is 92.4 Å². The molecular weight excluding hydrogens is 523 g/mol. The number of hydrogen-bond donors (Lipinski definition) is 1. The molecule has 0 saturated carbocycles. The molecule has 3 aromatic carbocycles. The summed E-state index contributed by atoms with van der Waals surface area (Å²) in [5, 5.41) is 3.38. The van der Waals surface area contributed by atoms with E-state index in [0.29, 0.717) is 28.2 Å². The Kier molecular flexibility index (Phi) is 6.93. The van der Waals surface area contributed by atoms with Crippen LogP contribution in [0.3, 0.4) is 0 Å². The maximum absolute atomic E-state index is 12.4. The van der Waals surface area contributed by atoms with Gasteiger partial charge < -0.3 is 14.8 Å². The van der Waals surface area contributed by atoms with Crippen LogP contribution in [0.2, 0.25) is 0 Å². The molecule has 0 radical (unpaired) electrons. The second-order valence-electron chi connectivity index (χ2n) is 6.64. The molecule has 3 aromatic rings. The van der Waals surface area contributed by atoms with Gasteiger partial charge in [-0.15, -0.1) is 0 Å². The molecule has 4 rings (SSSR count). The molecule has 0 atom stereocenters. The fourth-order valence-corrected chi connectivity index (χ4v) is 4.10. The van der Waals surface area contributed by atoms with Crippen LogP contribution in [-0.2, 0) is 11.4 Å². The number of rotatable bonds is 6. The average Bonchev–Trinajstić information content (AvgIpc) is 3.13. The van der Waals surface area contributed by atoms with E-state index >= 15 is 0 Å². The van der Waals surface area contributed by atoms with Crippen LogP contribution in [0.1, 0.15) is 11.1 Å². The summed E-state index contributed by atoms with van der Waals surface area (Å²) in [7, 11) is 1.61. The number of nitrogens with one attached hydrogen (secondary N) is 1. The predicted octanol–water partition coefficient (Wildman–Crippen LogP) is 5.77. The molecule has 31 heavy (non-hydrogen) atoms. The molecule has 5 nitrogen and oxygen atoms in total. The standard InChI is InChI=1S/C24H19IN2O3S/c1-29-20-12-7-17(13-21(20)30-15-16-5-3-2-4-6-16)14-22-23(28)27-24(31-22)26-19-10-8-18(25)9-11-19/h2-14H,15H2,1H3,(H,26,27,28)/b22-14+. The number of thioether (sulfide) groups is 1. The van der Waals surface area contributed by atoms with Crippen LogP contribution < -0.4 is 14.8 Å². The Morgan fingerprint density at radius 1 is 1.03 bits per heavy atom. The lowest BCUT2D eigenvalue weighted by molar-refractivity contribution is -0.115. The van der Waals surface area contributed by atoms with Gasteiger partial charge in [0.25, 0.3) is 5.91 Å². The van der Waals surface area contributed by atoms with Crippen LogP contribution in [0.15, 0.2) is 82.7 Å². The first-order valence-corrected chi connectivity index (χ1v) is 11.4. The van der Waals surface area contributed by atoms with Crippen molar-refractivity contribution in [1.29, 1.82) is 0 Å². The summed E-state index contributed by atoms with van der Waals surface area (Å²) < 4.78 is 12.5. The second kappa shape index (κ2) is 10.0. The Balaban J connectivity index is 1.52. The van der Waals surface area contributed by atoms with E-state index in [0.717, 1.165) is 20.4 Å². The van der Waals surface area contributed by atoms with Gasteiger partial charge in [0.2, 0.25) is 0 Å². The van der Waals surface area contributed by atoms with Crippen molar-refractivity contribution >= 4 is 57.2 Å². The number of nitrogens with zero attached hydrogens (tertiary/aromatic N) is 1. The predicted molar refractivity (Wildman–Crippen MR) is 134 cm³/mol. The third kappa shape index (κ3) is 5.68. The van der Waals surface area contributed by atoms with Crippen LogP contribution in [0, 0.1) is 3.57 Å². The first-order valence-electron chi connectivity index (χ1n) is 9.50.